The van der Waals surface area contributed by atoms with E-state index in [9.17, 15) is 0 Å². The summed E-state index contributed by atoms with van der Waals surface area (Å²) in [7, 11) is 0. The van der Waals surface area contributed by atoms with E-state index in [1.807, 2.05) is 11.8 Å². The standard InChI is InChI=1S/C11H17N3OS/c1-2-9(16-7-1)11-13-10(14-15-11)8-3-5-12-6-4-8/h8-9,12H,1-7H2. The summed E-state index contributed by atoms with van der Waals surface area (Å²) in [6.07, 6.45) is 4.74. The fraction of sp³-hybridized carbons (Fsp3) is 0.818. The maximum atomic E-state index is 5.40. The highest BCUT2D eigenvalue weighted by Gasteiger charge is 2.26. The lowest BCUT2D eigenvalue weighted by atomic mass is 9.98. The average molecular weight is 239 g/mol. The Bertz CT molecular complexity index is 343. The summed E-state index contributed by atoms with van der Waals surface area (Å²) < 4.78 is 5.40. The maximum Gasteiger partial charge on any atom is 0.239 e. The average Bonchev–Trinajstić information content (AvgIpc) is 3.01. The topological polar surface area (TPSA) is 51.0 Å². The molecule has 0 saturated carbocycles. The largest absolute Gasteiger partial charge is 0.338 e. The molecule has 0 spiro atoms. The van der Waals surface area contributed by atoms with Gasteiger partial charge in [-0.1, -0.05) is 5.16 Å². The van der Waals surface area contributed by atoms with E-state index in [0.717, 1.165) is 37.6 Å². The number of hydrogen-bond acceptors (Lipinski definition) is 5. The first-order chi connectivity index (χ1) is 7.93. The normalized spacial score (nSPS) is 27.4. The lowest BCUT2D eigenvalue weighted by Gasteiger charge is -2.19. The van der Waals surface area contributed by atoms with Crippen LogP contribution in [0.2, 0.25) is 0 Å². The predicted octanol–water partition coefficient (Wildman–Crippen LogP) is 2.10. The molecule has 0 bridgehead atoms. The van der Waals surface area contributed by atoms with E-state index >= 15 is 0 Å². The van der Waals surface area contributed by atoms with Gasteiger partial charge in [-0.2, -0.15) is 4.98 Å². The molecule has 16 heavy (non-hydrogen) atoms. The molecule has 0 radical (unpaired) electrons. The number of rotatable bonds is 2. The molecular formula is C11H17N3OS. The minimum Gasteiger partial charge on any atom is -0.338 e. The molecule has 2 aliphatic rings. The highest BCUT2D eigenvalue weighted by molar-refractivity contribution is 7.99. The molecule has 0 amide bonds. The summed E-state index contributed by atoms with van der Waals surface area (Å²) in [6.45, 7) is 2.15. The molecule has 1 unspecified atom stereocenters. The minimum atomic E-state index is 0.461. The molecule has 1 atom stereocenters. The van der Waals surface area contributed by atoms with Gasteiger partial charge in [0, 0.05) is 5.92 Å². The number of aromatic nitrogens is 2. The predicted molar refractivity (Wildman–Crippen MR) is 63.6 cm³/mol. The van der Waals surface area contributed by atoms with Crippen molar-refractivity contribution in [1.29, 1.82) is 0 Å². The van der Waals surface area contributed by atoms with Crippen molar-refractivity contribution in [3.63, 3.8) is 0 Å². The highest BCUT2D eigenvalue weighted by Crippen LogP contribution is 2.39. The van der Waals surface area contributed by atoms with Gasteiger partial charge in [-0.25, -0.2) is 0 Å². The van der Waals surface area contributed by atoms with Gasteiger partial charge in [-0.3, -0.25) is 0 Å². The van der Waals surface area contributed by atoms with Crippen LogP contribution in [-0.4, -0.2) is 29.0 Å². The molecule has 1 aromatic heterocycles. The van der Waals surface area contributed by atoms with Crippen LogP contribution in [0.15, 0.2) is 4.52 Å². The van der Waals surface area contributed by atoms with Gasteiger partial charge in [-0.05, 0) is 44.5 Å². The van der Waals surface area contributed by atoms with Gasteiger partial charge in [0.2, 0.25) is 5.89 Å². The second-order valence-corrected chi connectivity index (χ2v) is 5.83. The smallest absolute Gasteiger partial charge is 0.239 e. The van der Waals surface area contributed by atoms with Crippen molar-refractivity contribution >= 4 is 11.8 Å². The second-order valence-electron chi connectivity index (χ2n) is 4.52. The third kappa shape index (κ3) is 2.11. The summed E-state index contributed by atoms with van der Waals surface area (Å²) in [6, 6.07) is 0. The zero-order chi connectivity index (χ0) is 10.8. The first-order valence-corrected chi connectivity index (χ1v) is 7.14. The quantitative estimate of drug-likeness (QED) is 0.856. The molecule has 3 rings (SSSR count). The molecular weight excluding hydrogens is 222 g/mol. The van der Waals surface area contributed by atoms with E-state index in [1.165, 1.54) is 18.6 Å². The van der Waals surface area contributed by atoms with Crippen molar-refractivity contribution in [3.8, 4) is 0 Å². The zero-order valence-electron chi connectivity index (χ0n) is 9.32. The Morgan fingerprint density at radius 1 is 1.25 bits per heavy atom. The van der Waals surface area contributed by atoms with E-state index in [2.05, 4.69) is 15.5 Å². The van der Waals surface area contributed by atoms with Crippen molar-refractivity contribution in [3.05, 3.63) is 11.7 Å². The van der Waals surface area contributed by atoms with Gasteiger partial charge in [0.15, 0.2) is 5.82 Å². The number of piperidine rings is 1. The summed E-state index contributed by atoms with van der Waals surface area (Å²) >= 11 is 1.95. The lowest BCUT2D eigenvalue weighted by Crippen LogP contribution is -2.27. The van der Waals surface area contributed by atoms with Gasteiger partial charge in [0.1, 0.15) is 0 Å². The molecule has 4 nitrogen and oxygen atoms in total. The van der Waals surface area contributed by atoms with E-state index < -0.39 is 0 Å². The third-order valence-electron chi connectivity index (χ3n) is 3.37. The number of nitrogens with zero attached hydrogens (tertiary/aromatic N) is 2. The Labute approximate surface area is 99.6 Å². The van der Waals surface area contributed by atoms with Gasteiger partial charge >= 0.3 is 0 Å². The van der Waals surface area contributed by atoms with Crippen LogP contribution in [0.25, 0.3) is 0 Å². The molecule has 0 aromatic carbocycles. The molecule has 0 aliphatic carbocycles. The van der Waals surface area contributed by atoms with Gasteiger partial charge in [0.05, 0.1) is 5.25 Å². The molecule has 2 saturated heterocycles. The molecule has 1 N–H and O–H groups in total. The molecule has 3 heterocycles. The third-order valence-corrected chi connectivity index (χ3v) is 4.73. The summed E-state index contributed by atoms with van der Waals surface area (Å²) in [5.41, 5.74) is 0. The molecule has 2 fully saturated rings. The first kappa shape index (κ1) is 10.6. The Morgan fingerprint density at radius 3 is 2.88 bits per heavy atom. The monoisotopic (exact) mass is 239 g/mol. The van der Waals surface area contributed by atoms with E-state index in [-0.39, 0.29) is 0 Å². The minimum absolute atomic E-state index is 0.461. The van der Waals surface area contributed by atoms with E-state index in [4.69, 9.17) is 4.52 Å². The summed E-state index contributed by atoms with van der Waals surface area (Å²) in [5.74, 6) is 3.53. The lowest BCUT2D eigenvalue weighted by molar-refractivity contribution is 0.358. The van der Waals surface area contributed by atoms with Gasteiger partial charge in [-0.15, -0.1) is 11.8 Å². The van der Waals surface area contributed by atoms with Gasteiger partial charge in [0.25, 0.3) is 0 Å². The summed E-state index contributed by atoms with van der Waals surface area (Å²) in [4.78, 5) is 4.59. The Kier molecular flexibility index (Phi) is 3.15. The van der Waals surface area contributed by atoms with Crippen molar-refractivity contribution in [2.24, 2.45) is 0 Å². The van der Waals surface area contributed by atoms with Crippen LogP contribution in [0.5, 0.6) is 0 Å². The molecule has 1 aromatic rings. The molecule has 2 aliphatic heterocycles. The molecule has 88 valence electrons. The van der Waals surface area contributed by atoms with Gasteiger partial charge < -0.3 is 9.84 Å². The second kappa shape index (κ2) is 4.75. The van der Waals surface area contributed by atoms with Crippen LogP contribution in [0.4, 0.5) is 0 Å². The first-order valence-electron chi connectivity index (χ1n) is 6.09. The Morgan fingerprint density at radius 2 is 2.12 bits per heavy atom. The zero-order valence-corrected chi connectivity index (χ0v) is 10.1. The van der Waals surface area contributed by atoms with Crippen LogP contribution < -0.4 is 5.32 Å². The number of nitrogens with one attached hydrogen (secondary N) is 1. The Balaban J connectivity index is 1.71. The number of hydrogen-bond donors (Lipinski definition) is 1. The fourth-order valence-electron chi connectivity index (χ4n) is 2.40. The van der Waals surface area contributed by atoms with E-state index in [0.29, 0.717) is 11.2 Å². The summed E-state index contributed by atoms with van der Waals surface area (Å²) in [5, 5.41) is 7.97. The number of thioether (sulfide) groups is 1. The molecule has 5 heteroatoms. The fourth-order valence-corrected chi connectivity index (χ4v) is 3.59. The van der Waals surface area contributed by atoms with E-state index in [1.54, 1.807) is 0 Å². The van der Waals surface area contributed by atoms with Crippen LogP contribution in [-0.2, 0) is 0 Å². The van der Waals surface area contributed by atoms with Crippen LogP contribution >= 0.6 is 11.8 Å². The van der Waals surface area contributed by atoms with Crippen molar-refractivity contribution in [2.45, 2.75) is 36.9 Å². The van der Waals surface area contributed by atoms with Crippen LogP contribution in [0.3, 0.4) is 0 Å². The Hall–Kier alpha value is -0.550. The maximum absolute atomic E-state index is 5.40. The van der Waals surface area contributed by atoms with Crippen molar-refractivity contribution in [2.75, 3.05) is 18.8 Å². The van der Waals surface area contributed by atoms with Crippen molar-refractivity contribution in [1.82, 2.24) is 15.5 Å². The highest BCUT2D eigenvalue weighted by atomic mass is 32.2. The van der Waals surface area contributed by atoms with Crippen molar-refractivity contribution < 1.29 is 4.52 Å². The van der Waals surface area contributed by atoms with Crippen LogP contribution in [0.1, 0.15) is 48.6 Å². The van der Waals surface area contributed by atoms with Crippen LogP contribution in [0, 0.1) is 0 Å². The SMILES string of the molecule is C1CSC(c2nc(C3CCNCC3)no2)C1.